The molecule has 0 aliphatic heterocycles. The summed E-state index contributed by atoms with van der Waals surface area (Å²) in [6.45, 7) is 0. The van der Waals surface area contributed by atoms with Crippen LogP contribution in [0.2, 0.25) is 5.02 Å². The molecule has 0 saturated carbocycles. The molecule has 0 heterocycles. The topological polar surface area (TPSA) is 63.3 Å². The molecule has 1 aromatic carbocycles. The van der Waals surface area contributed by atoms with Crippen LogP contribution in [0.3, 0.4) is 0 Å². The third-order valence-electron chi connectivity index (χ3n) is 1.41. The summed E-state index contributed by atoms with van der Waals surface area (Å²) in [4.78, 5) is 10.5. The van der Waals surface area contributed by atoms with Gasteiger partial charge in [0, 0.05) is 0 Å². The maximum atomic E-state index is 13.2. The molecular weight excluding hydrogens is 311 g/mol. The highest BCUT2D eigenvalue weighted by Gasteiger charge is 2.19. The minimum absolute atomic E-state index is 0.0610. The quantitative estimate of drug-likeness (QED) is 0.475. The van der Waals surface area contributed by atoms with Gasteiger partial charge in [0.05, 0.1) is 14.3 Å². The Morgan fingerprint density at radius 2 is 2.23 bits per heavy atom. The zero-order valence-electron chi connectivity index (χ0n) is 6.14. The molecule has 0 aliphatic rings. The van der Waals surface area contributed by atoms with Gasteiger partial charge in [0.2, 0.25) is 0 Å². The molecular formula is C7H4ClFINO2. The van der Waals surface area contributed by atoms with Crippen molar-refractivity contribution in [2.75, 3.05) is 5.73 Å². The van der Waals surface area contributed by atoms with E-state index in [9.17, 15) is 9.18 Å². The Balaban J connectivity index is 3.53. The number of carboxylic acid groups (broad SMARTS) is 1. The van der Waals surface area contributed by atoms with Gasteiger partial charge in [-0.25, -0.2) is 9.18 Å². The van der Waals surface area contributed by atoms with E-state index in [1.54, 1.807) is 22.6 Å². The molecule has 3 N–H and O–H groups in total. The van der Waals surface area contributed by atoms with Crippen molar-refractivity contribution in [2.45, 2.75) is 0 Å². The molecule has 0 atom stereocenters. The molecule has 1 rings (SSSR count). The minimum atomic E-state index is -1.40. The number of halogens is 3. The van der Waals surface area contributed by atoms with Crippen LogP contribution < -0.4 is 5.73 Å². The van der Waals surface area contributed by atoms with Crippen LogP contribution in [0.25, 0.3) is 0 Å². The van der Waals surface area contributed by atoms with Gasteiger partial charge in [-0.2, -0.15) is 0 Å². The molecule has 0 spiro atoms. The molecule has 0 bridgehead atoms. The van der Waals surface area contributed by atoms with E-state index in [0.29, 0.717) is 0 Å². The first-order valence-corrected chi connectivity index (χ1v) is 4.57. The molecule has 0 saturated heterocycles. The lowest BCUT2D eigenvalue weighted by Gasteiger charge is -2.05. The molecule has 0 radical (unpaired) electrons. The average molecular weight is 315 g/mol. The van der Waals surface area contributed by atoms with Gasteiger partial charge in [-0.05, 0) is 28.7 Å². The van der Waals surface area contributed by atoms with Gasteiger partial charge in [0.1, 0.15) is 5.56 Å². The first kappa shape index (κ1) is 10.5. The van der Waals surface area contributed by atoms with Gasteiger partial charge >= 0.3 is 5.97 Å². The molecule has 1 aromatic rings. The minimum Gasteiger partial charge on any atom is -0.478 e. The van der Waals surface area contributed by atoms with E-state index in [-0.39, 0.29) is 14.3 Å². The zero-order valence-corrected chi connectivity index (χ0v) is 9.06. The number of anilines is 1. The number of aromatic carboxylic acids is 1. The van der Waals surface area contributed by atoms with Crippen LogP contribution in [-0.4, -0.2) is 11.1 Å². The molecule has 0 aromatic heterocycles. The summed E-state index contributed by atoms with van der Waals surface area (Å²) < 4.78 is 13.3. The van der Waals surface area contributed by atoms with Gasteiger partial charge in [-0.1, -0.05) is 11.6 Å². The van der Waals surface area contributed by atoms with Crippen molar-refractivity contribution < 1.29 is 14.3 Å². The SMILES string of the molecule is Nc1cc(Cl)c(I)c(F)c1C(=O)O. The van der Waals surface area contributed by atoms with Crippen LogP contribution in [0, 0.1) is 9.39 Å². The molecule has 13 heavy (non-hydrogen) atoms. The Hall–Kier alpha value is -0.560. The van der Waals surface area contributed by atoms with Crippen molar-refractivity contribution >= 4 is 45.8 Å². The fourth-order valence-corrected chi connectivity index (χ4v) is 1.46. The van der Waals surface area contributed by atoms with Crippen LogP contribution in [0.1, 0.15) is 10.4 Å². The normalized spacial score (nSPS) is 10.1. The van der Waals surface area contributed by atoms with Crippen LogP contribution >= 0.6 is 34.2 Å². The average Bonchev–Trinajstić information content (AvgIpc) is 1.99. The molecule has 6 heteroatoms. The Labute approximate surface area is 91.8 Å². The van der Waals surface area contributed by atoms with E-state index < -0.39 is 17.3 Å². The lowest BCUT2D eigenvalue weighted by molar-refractivity contribution is 0.0693. The van der Waals surface area contributed by atoms with E-state index in [1.165, 1.54) is 6.07 Å². The Kier molecular flexibility index (Phi) is 2.97. The second-order valence-corrected chi connectivity index (χ2v) is 3.74. The monoisotopic (exact) mass is 315 g/mol. The molecule has 0 fully saturated rings. The number of carboxylic acids is 1. The van der Waals surface area contributed by atoms with Gasteiger partial charge in [0.25, 0.3) is 0 Å². The first-order chi connectivity index (χ1) is 5.95. The number of nitrogens with two attached hydrogens (primary N) is 1. The second-order valence-electron chi connectivity index (χ2n) is 2.26. The Morgan fingerprint density at radius 1 is 1.69 bits per heavy atom. The lowest BCUT2D eigenvalue weighted by atomic mass is 10.2. The van der Waals surface area contributed by atoms with Crippen molar-refractivity contribution in [2.24, 2.45) is 0 Å². The molecule has 0 unspecified atom stereocenters. The summed E-state index contributed by atoms with van der Waals surface area (Å²) in [7, 11) is 0. The smallest absolute Gasteiger partial charge is 0.340 e. The van der Waals surface area contributed by atoms with E-state index in [0.717, 1.165) is 0 Å². The van der Waals surface area contributed by atoms with Crippen molar-refractivity contribution in [3.8, 4) is 0 Å². The fraction of sp³-hybridized carbons (Fsp3) is 0. The largest absolute Gasteiger partial charge is 0.478 e. The van der Waals surface area contributed by atoms with E-state index in [2.05, 4.69) is 0 Å². The van der Waals surface area contributed by atoms with E-state index in [1.807, 2.05) is 0 Å². The van der Waals surface area contributed by atoms with E-state index >= 15 is 0 Å². The van der Waals surface area contributed by atoms with Gasteiger partial charge in [0.15, 0.2) is 5.82 Å². The van der Waals surface area contributed by atoms with Gasteiger partial charge < -0.3 is 10.8 Å². The van der Waals surface area contributed by atoms with Crippen LogP contribution in [0.4, 0.5) is 10.1 Å². The zero-order chi connectivity index (χ0) is 10.2. The number of benzene rings is 1. The third kappa shape index (κ3) is 1.86. The van der Waals surface area contributed by atoms with E-state index in [4.69, 9.17) is 22.4 Å². The number of hydrogen-bond acceptors (Lipinski definition) is 2. The molecule has 0 amide bonds. The number of hydrogen-bond donors (Lipinski definition) is 2. The van der Waals surface area contributed by atoms with Crippen LogP contribution in [0.5, 0.6) is 0 Å². The Bertz CT molecular complexity index is 383. The summed E-state index contributed by atoms with van der Waals surface area (Å²) in [5.41, 5.74) is 4.58. The van der Waals surface area contributed by atoms with Gasteiger partial charge in [-0.15, -0.1) is 0 Å². The third-order valence-corrected chi connectivity index (χ3v) is 3.08. The highest BCUT2D eigenvalue weighted by atomic mass is 127. The maximum absolute atomic E-state index is 13.2. The maximum Gasteiger partial charge on any atom is 0.340 e. The number of nitrogen functional groups attached to an aromatic ring is 1. The standard InChI is InChI=1S/C7H4ClFINO2/c8-2-1-3(11)4(7(12)13)5(9)6(2)10/h1H,11H2,(H,12,13). The molecule has 0 aliphatic carbocycles. The van der Waals surface area contributed by atoms with Crippen molar-refractivity contribution in [3.05, 3.63) is 26.0 Å². The number of carbonyl (C=O) groups is 1. The second kappa shape index (κ2) is 3.67. The summed E-state index contributed by atoms with van der Waals surface area (Å²) >= 11 is 7.19. The molecule has 70 valence electrons. The van der Waals surface area contributed by atoms with Gasteiger partial charge in [-0.3, -0.25) is 0 Å². The van der Waals surface area contributed by atoms with Crippen molar-refractivity contribution in [3.63, 3.8) is 0 Å². The van der Waals surface area contributed by atoms with Crippen molar-refractivity contribution in [1.82, 2.24) is 0 Å². The van der Waals surface area contributed by atoms with Crippen LogP contribution in [-0.2, 0) is 0 Å². The predicted octanol–water partition coefficient (Wildman–Crippen LogP) is 2.36. The summed E-state index contributed by atoms with van der Waals surface area (Å²) in [5, 5.41) is 8.71. The summed E-state index contributed by atoms with van der Waals surface area (Å²) in [6.07, 6.45) is 0. The summed E-state index contributed by atoms with van der Waals surface area (Å²) in [5.74, 6) is -2.29. The van der Waals surface area contributed by atoms with Crippen molar-refractivity contribution in [1.29, 1.82) is 0 Å². The predicted molar refractivity (Wildman–Crippen MR) is 55.5 cm³/mol. The fourth-order valence-electron chi connectivity index (χ4n) is 0.831. The highest BCUT2D eigenvalue weighted by molar-refractivity contribution is 14.1. The molecule has 3 nitrogen and oxygen atoms in total. The highest BCUT2D eigenvalue weighted by Crippen LogP contribution is 2.28. The summed E-state index contributed by atoms with van der Waals surface area (Å²) in [6, 6.07) is 1.22. The van der Waals surface area contributed by atoms with Crippen LogP contribution in [0.15, 0.2) is 6.07 Å². The number of rotatable bonds is 1. The Morgan fingerprint density at radius 3 is 2.69 bits per heavy atom. The first-order valence-electron chi connectivity index (χ1n) is 3.11. The lowest BCUT2D eigenvalue weighted by Crippen LogP contribution is -2.07.